The van der Waals surface area contributed by atoms with Crippen LogP contribution in [0.3, 0.4) is 0 Å². The molecule has 0 radical (unpaired) electrons. The lowest BCUT2D eigenvalue weighted by Crippen LogP contribution is -2.47. The number of nitrogens with one attached hydrogen (secondary N) is 1. The second-order valence-corrected chi connectivity index (χ2v) is 5.66. The van der Waals surface area contributed by atoms with Crippen LogP contribution in [0.2, 0.25) is 0 Å². The summed E-state index contributed by atoms with van der Waals surface area (Å²) in [7, 11) is 1.16. The Morgan fingerprint density at radius 2 is 1.92 bits per heavy atom. The Morgan fingerprint density at radius 3 is 2.56 bits per heavy atom. The average molecular weight is 348 g/mol. The minimum atomic E-state index is -1.62. The van der Waals surface area contributed by atoms with Crippen LogP contribution in [0.4, 0.5) is 8.78 Å². The van der Waals surface area contributed by atoms with Crippen LogP contribution in [0.5, 0.6) is 0 Å². The van der Waals surface area contributed by atoms with Crippen LogP contribution < -0.4 is 11.1 Å². The molecule has 0 saturated carbocycles. The number of primary amides is 1. The van der Waals surface area contributed by atoms with Gasteiger partial charge in [0.2, 0.25) is 5.91 Å². The van der Waals surface area contributed by atoms with E-state index in [0.29, 0.717) is 11.1 Å². The highest BCUT2D eigenvalue weighted by Gasteiger charge is 2.38. The molecule has 0 aliphatic heterocycles. The highest BCUT2D eigenvalue weighted by Crippen LogP contribution is 2.26. The molecule has 1 amide bonds. The number of amides is 1. The van der Waals surface area contributed by atoms with E-state index in [4.69, 9.17) is 10.5 Å². The van der Waals surface area contributed by atoms with E-state index in [9.17, 15) is 18.4 Å². The molecule has 2 rings (SSSR count). The molecular formula is C18H18F2N2O3. The number of hydrogen-bond acceptors (Lipinski definition) is 4. The number of rotatable bonds is 6. The van der Waals surface area contributed by atoms with Gasteiger partial charge in [0, 0.05) is 17.7 Å². The monoisotopic (exact) mass is 348 g/mol. The van der Waals surface area contributed by atoms with Gasteiger partial charge in [0.05, 0.1) is 7.11 Å². The zero-order chi connectivity index (χ0) is 18.6. The normalized spacial score (nSPS) is 13.1. The number of carbonyl (C=O) groups is 2. The van der Waals surface area contributed by atoms with Gasteiger partial charge in [-0.05, 0) is 42.8 Å². The van der Waals surface area contributed by atoms with Gasteiger partial charge in [-0.1, -0.05) is 12.1 Å². The van der Waals surface area contributed by atoms with Gasteiger partial charge in [-0.25, -0.2) is 13.6 Å². The summed E-state index contributed by atoms with van der Waals surface area (Å²) >= 11 is 0. The molecule has 0 aliphatic carbocycles. The third kappa shape index (κ3) is 4.00. The van der Waals surface area contributed by atoms with Gasteiger partial charge >= 0.3 is 5.97 Å². The third-order valence-electron chi connectivity index (χ3n) is 3.92. The number of benzene rings is 2. The fourth-order valence-electron chi connectivity index (χ4n) is 2.48. The topological polar surface area (TPSA) is 81.4 Å². The van der Waals surface area contributed by atoms with Crippen molar-refractivity contribution in [3.63, 3.8) is 0 Å². The minimum absolute atomic E-state index is 0.0999. The van der Waals surface area contributed by atoms with Gasteiger partial charge in [-0.3, -0.25) is 10.1 Å². The van der Waals surface area contributed by atoms with E-state index in [1.165, 1.54) is 6.92 Å². The summed E-state index contributed by atoms with van der Waals surface area (Å²) in [5.74, 6) is -2.78. The van der Waals surface area contributed by atoms with E-state index >= 15 is 0 Å². The first kappa shape index (κ1) is 18.5. The molecule has 1 atom stereocenters. The van der Waals surface area contributed by atoms with Gasteiger partial charge in [0.1, 0.15) is 17.2 Å². The van der Waals surface area contributed by atoms with Gasteiger partial charge in [0.15, 0.2) is 0 Å². The molecule has 2 aromatic carbocycles. The van der Waals surface area contributed by atoms with Crippen molar-refractivity contribution in [1.29, 1.82) is 0 Å². The molecule has 0 aromatic heterocycles. The zero-order valence-electron chi connectivity index (χ0n) is 13.8. The van der Waals surface area contributed by atoms with Gasteiger partial charge in [0.25, 0.3) is 0 Å². The molecule has 2 aromatic rings. The van der Waals surface area contributed by atoms with Gasteiger partial charge in [-0.15, -0.1) is 0 Å². The first-order chi connectivity index (χ1) is 11.8. The predicted molar refractivity (Wildman–Crippen MR) is 87.5 cm³/mol. The van der Waals surface area contributed by atoms with E-state index in [1.807, 2.05) is 0 Å². The molecule has 0 saturated heterocycles. The van der Waals surface area contributed by atoms with Crippen molar-refractivity contribution >= 4 is 11.9 Å². The molecule has 7 heteroatoms. The third-order valence-corrected chi connectivity index (χ3v) is 3.92. The van der Waals surface area contributed by atoms with Crippen molar-refractivity contribution in [3.8, 4) is 0 Å². The highest BCUT2D eigenvalue weighted by atomic mass is 19.1. The standard InChI is InChI=1S/C18H18F2N2O3/c1-18(17(24)25-2,14-9-13(19)6-7-15(14)20)22-10-11-4-3-5-12(8-11)16(21)23/h3-9,22H,10H2,1-2H3,(H2,21,23)/t18-/m1/s1. The maximum absolute atomic E-state index is 14.2. The number of nitrogens with two attached hydrogens (primary N) is 1. The summed E-state index contributed by atoms with van der Waals surface area (Å²) in [4.78, 5) is 23.5. The fourth-order valence-corrected chi connectivity index (χ4v) is 2.48. The molecule has 25 heavy (non-hydrogen) atoms. The van der Waals surface area contributed by atoms with Crippen LogP contribution in [0, 0.1) is 11.6 Å². The lowest BCUT2D eigenvalue weighted by atomic mass is 9.91. The molecule has 0 aliphatic rings. The maximum Gasteiger partial charge on any atom is 0.330 e. The second-order valence-electron chi connectivity index (χ2n) is 5.66. The van der Waals surface area contributed by atoms with Crippen molar-refractivity contribution in [2.45, 2.75) is 19.0 Å². The lowest BCUT2D eigenvalue weighted by Gasteiger charge is -2.29. The quantitative estimate of drug-likeness (QED) is 0.785. The molecule has 0 unspecified atom stereocenters. The Balaban J connectivity index is 2.35. The van der Waals surface area contributed by atoms with E-state index in [-0.39, 0.29) is 12.1 Å². The molecule has 132 valence electrons. The Morgan fingerprint density at radius 1 is 1.20 bits per heavy atom. The lowest BCUT2D eigenvalue weighted by molar-refractivity contribution is -0.148. The maximum atomic E-state index is 14.2. The van der Waals surface area contributed by atoms with E-state index < -0.39 is 29.0 Å². The number of carbonyl (C=O) groups excluding carboxylic acids is 2. The molecule has 0 fully saturated rings. The summed E-state index contributed by atoms with van der Waals surface area (Å²) < 4.78 is 32.5. The summed E-state index contributed by atoms with van der Waals surface area (Å²) in [5, 5.41) is 2.88. The summed E-state index contributed by atoms with van der Waals surface area (Å²) in [6.45, 7) is 1.50. The second kappa shape index (κ2) is 7.40. The zero-order valence-corrected chi connectivity index (χ0v) is 13.8. The van der Waals surface area contributed by atoms with Crippen LogP contribution in [-0.4, -0.2) is 19.0 Å². The molecular weight excluding hydrogens is 330 g/mol. The van der Waals surface area contributed by atoms with Crippen LogP contribution in [-0.2, 0) is 21.6 Å². The number of methoxy groups -OCH3 is 1. The molecule has 0 heterocycles. The van der Waals surface area contributed by atoms with Gasteiger partial charge < -0.3 is 10.5 Å². The van der Waals surface area contributed by atoms with Crippen LogP contribution >= 0.6 is 0 Å². The highest BCUT2D eigenvalue weighted by molar-refractivity contribution is 5.92. The Bertz CT molecular complexity index is 811. The minimum Gasteiger partial charge on any atom is -0.467 e. The summed E-state index contributed by atoms with van der Waals surface area (Å²) in [5.41, 5.74) is 4.38. The summed E-state index contributed by atoms with van der Waals surface area (Å²) in [6, 6.07) is 9.30. The van der Waals surface area contributed by atoms with Crippen LogP contribution in [0.15, 0.2) is 42.5 Å². The Hall–Kier alpha value is -2.80. The van der Waals surface area contributed by atoms with Gasteiger partial charge in [-0.2, -0.15) is 0 Å². The number of esters is 1. The molecule has 0 spiro atoms. The number of ether oxygens (including phenoxy) is 1. The van der Waals surface area contributed by atoms with Crippen molar-refractivity contribution in [3.05, 3.63) is 70.8 Å². The SMILES string of the molecule is COC(=O)[C@](C)(NCc1cccc(C(N)=O)c1)c1cc(F)ccc1F. The van der Waals surface area contributed by atoms with E-state index in [0.717, 1.165) is 25.3 Å². The predicted octanol–water partition coefficient (Wildman–Crippen LogP) is 2.24. The molecule has 5 nitrogen and oxygen atoms in total. The average Bonchev–Trinajstić information content (AvgIpc) is 2.61. The fraction of sp³-hybridized carbons (Fsp3) is 0.222. The smallest absolute Gasteiger partial charge is 0.330 e. The number of hydrogen-bond donors (Lipinski definition) is 2. The molecule has 0 bridgehead atoms. The summed E-state index contributed by atoms with van der Waals surface area (Å²) in [6.07, 6.45) is 0. The van der Waals surface area contributed by atoms with E-state index in [2.05, 4.69) is 5.32 Å². The van der Waals surface area contributed by atoms with Crippen molar-refractivity contribution < 1.29 is 23.1 Å². The first-order valence-electron chi connectivity index (χ1n) is 7.45. The Labute approximate surface area is 143 Å². The van der Waals surface area contributed by atoms with E-state index in [1.54, 1.807) is 24.3 Å². The van der Waals surface area contributed by atoms with Crippen LogP contribution in [0.25, 0.3) is 0 Å². The van der Waals surface area contributed by atoms with Crippen molar-refractivity contribution in [2.75, 3.05) is 7.11 Å². The number of halogens is 2. The van der Waals surface area contributed by atoms with Crippen molar-refractivity contribution in [2.24, 2.45) is 5.73 Å². The Kier molecular flexibility index (Phi) is 5.48. The van der Waals surface area contributed by atoms with Crippen LogP contribution in [0.1, 0.15) is 28.4 Å². The first-order valence-corrected chi connectivity index (χ1v) is 7.45. The molecule has 3 N–H and O–H groups in total. The largest absolute Gasteiger partial charge is 0.467 e. The van der Waals surface area contributed by atoms with Crippen molar-refractivity contribution in [1.82, 2.24) is 5.32 Å².